The quantitative estimate of drug-likeness (QED) is 0.362. The zero-order chi connectivity index (χ0) is 13.3. The molecule has 102 valence electrons. The second-order valence-electron chi connectivity index (χ2n) is 5.31. The van der Waals surface area contributed by atoms with E-state index in [0.717, 1.165) is 31.9 Å². The smallest absolute Gasteiger partial charge is 0.191 e. The average Bonchev–Trinajstić information content (AvgIpc) is 2.22. The van der Waals surface area contributed by atoms with Gasteiger partial charge in [0.2, 0.25) is 0 Å². The zero-order valence-corrected chi connectivity index (χ0v) is 12.1. The largest absolute Gasteiger partial charge is 0.354 e. The fraction of sp³-hybridized carbons (Fsp3) is 0.923. The standard InChI is InChI=1S/C13H30N4/c1-10(2)16-13(17-11(3)4)15-8-6-7-12(5)9-14/h10-12H,6-9,14H2,1-5H3,(H2,15,16,17). The molecule has 0 aromatic rings. The van der Waals surface area contributed by atoms with Gasteiger partial charge in [0, 0.05) is 18.6 Å². The SMILES string of the molecule is CC(CN)CCCN=C(NC(C)C)NC(C)C. The summed E-state index contributed by atoms with van der Waals surface area (Å²) < 4.78 is 0. The summed E-state index contributed by atoms with van der Waals surface area (Å²) in [6.45, 7) is 12.3. The van der Waals surface area contributed by atoms with Crippen LogP contribution in [-0.4, -0.2) is 31.1 Å². The number of rotatable bonds is 7. The van der Waals surface area contributed by atoms with Crippen LogP contribution in [0.5, 0.6) is 0 Å². The Morgan fingerprint density at radius 1 is 1.06 bits per heavy atom. The highest BCUT2D eigenvalue weighted by atomic mass is 15.2. The minimum atomic E-state index is 0.406. The van der Waals surface area contributed by atoms with Crippen LogP contribution in [0.1, 0.15) is 47.5 Å². The molecule has 17 heavy (non-hydrogen) atoms. The number of hydrogen-bond donors (Lipinski definition) is 3. The summed E-state index contributed by atoms with van der Waals surface area (Å²) in [5.74, 6) is 1.51. The molecule has 0 bridgehead atoms. The highest BCUT2D eigenvalue weighted by molar-refractivity contribution is 5.80. The van der Waals surface area contributed by atoms with E-state index in [9.17, 15) is 0 Å². The molecule has 4 N–H and O–H groups in total. The molecule has 4 heteroatoms. The Kier molecular flexibility index (Phi) is 8.86. The third kappa shape index (κ3) is 10.1. The molecule has 0 amide bonds. The van der Waals surface area contributed by atoms with E-state index in [0.29, 0.717) is 18.0 Å². The molecule has 0 aliphatic heterocycles. The summed E-state index contributed by atoms with van der Waals surface area (Å²) in [4.78, 5) is 4.56. The molecule has 0 aliphatic rings. The first kappa shape index (κ1) is 16.2. The van der Waals surface area contributed by atoms with Gasteiger partial charge in [0.1, 0.15) is 0 Å². The molecule has 0 aliphatic carbocycles. The third-order valence-electron chi connectivity index (χ3n) is 2.38. The van der Waals surface area contributed by atoms with Gasteiger partial charge in [0.15, 0.2) is 5.96 Å². The first-order valence-corrected chi connectivity index (χ1v) is 6.73. The van der Waals surface area contributed by atoms with E-state index in [2.05, 4.69) is 50.2 Å². The van der Waals surface area contributed by atoms with Gasteiger partial charge in [-0.2, -0.15) is 0 Å². The molecule has 1 atom stereocenters. The second kappa shape index (κ2) is 9.28. The van der Waals surface area contributed by atoms with Gasteiger partial charge in [0.05, 0.1) is 0 Å². The van der Waals surface area contributed by atoms with Gasteiger partial charge in [0.25, 0.3) is 0 Å². The van der Waals surface area contributed by atoms with Crippen molar-refractivity contribution in [2.75, 3.05) is 13.1 Å². The van der Waals surface area contributed by atoms with Gasteiger partial charge in [-0.05, 0) is 53.0 Å². The van der Waals surface area contributed by atoms with Crippen molar-refractivity contribution in [2.45, 2.75) is 59.5 Å². The maximum Gasteiger partial charge on any atom is 0.191 e. The molecule has 0 rings (SSSR count). The fourth-order valence-corrected chi connectivity index (χ4v) is 1.43. The normalized spacial score (nSPS) is 12.7. The minimum absolute atomic E-state index is 0.406. The van der Waals surface area contributed by atoms with Gasteiger partial charge in [-0.25, -0.2) is 0 Å². The summed E-state index contributed by atoms with van der Waals surface area (Å²) in [6, 6.07) is 0.811. The van der Waals surface area contributed by atoms with E-state index in [1.165, 1.54) is 0 Å². The molecule has 1 unspecified atom stereocenters. The van der Waals surface area contributed by atoms with Crippen molar-refractivity contribution >= 4 is 5.96 Å². The van der Waals surface area contributed by atoms with Crippen molar-refractivity contribution in [3.8, 4) is 0 Å². The molecule has 0 fully saturated rings. The van der Waals surface area contributed by atoms with Gasteiger partial charge in [-0.3, -0.25) is 4.99 Å². The Hall–Kier alpha value is -0.770. The fourth-order valence-electron chi connectivity index (χ4n) is 1.43. The Bertz CT molecular complexity index is 199. The van der Waals surface area contributed by atoms with E-state index in [1.807, 2.05) is 0 Å². The Morgan fingerprint density at radius 2 is 1.59 bits per heavy atom. The van der Waals surface area contributed by atoms with Gasteiger partial charge in [-0.15, -0.1) is 0 Å². The lowest BCUT2D eigenvalue weighted by atomic mass is 10.1. The van der Waals surface area contributed by atoms with Crippen LogP contribution >= 0.6 is 0 Å². The maximum atomic E-state index is 5.59. The molecule has 0 aromatic heterocycles. The second-order valence-corrected chi connectivity index (χ2v) is 5.31. The van der Waals surface area contributed by atoms with Crippen molar-refractivity contribution in [2.24, 2.45) is 16.6 Å². The average molecular weight is 242 g/mol. The summed E-state index contributed by atoms with van der Waals surface area (Å²) in [5.41, 5.74) is 5.59. The first-order valence-electron chi connectivity index (χ1n) is 6.73. The van der Waals surface area contributed by atoms with E-state index in [-0.39, 0.29) is 0 Å². The number of guanidine groups is 1. The van der Waals surface area contributed by atoms with Crippen LogP contribution in [0, 0.1) is 5.92 Å². The highest BCUT2D eigenvalue weighted by Crippen LogP contribution is 2.02. The van der Waals surface area contributed by atoms with E-state index in [4.69, 9.17) is 5.73 Å². The Morgan fingerprint density at radius 3 is 2.00 bits per heavy atom. The van der Waals surface area contributed by atoms with Crippen molar-refractivity contribution < 1.29 is 0 Å². The van der Waals surface area contributed by atoms with Crippen molar-refractivity contribution in [1.82, 2.24) is 10.6 Å². The van der Waals surface area contributed by atoms with Crippen LogP contribution in [0.3, 0.4) is 0 Å². The highest BCUT2D eigenvalue weighted by Gasteiger charge is 2.03. The Balaban J connectivity index is 4.01. The molecule has 0 aromatic carbocycles. The summed E-state index contributed by atoms with van der Waals surface area (Å²) in [7, 11) is 0. The summed E-state index contributed by atoms with van der Waals surface area (Å²) in [6.07, 6.45) is 2.25. The number of aliphatic imine (C=N–C) groups is 1. The molecular formula is C13H30N4. The van der Waals surface area contributed by atoms with E-state index < -0.39 is 0 Å². The lowest BCUT2D eigenvalue weighted by Gasteiger charge is -2.17. The molecule has 4 nitrogen and oxygen atoms in total. The van der Waals surface area contributed by atoms with E-state index >= 15 is 0 Å². The summed E-state index contributed by atoms with van der Waals surface area (Å²) in [5, 5.41) is 6.65. The molecule has 0 spiro atoms. The maximum absolute atomic E-state index is 5.59. The van der Waals surface area contributed by atoms with Crippen molar-refractivity contribution in [3.05, 3.63) is 0 Å². The van der Waals surface area contributed by atoms with Crippen LogP contribution in [-0.2, 0) is 0 Å². The van der Waals surface area contributed by atoms with E-state index in [1.54, 1.807) is 0 Å². The monoisotopic (exact) mass is 242 g/mol. The lowest BCUT2D eigenvalue weighted by Crippen LogP contribution is -2.44. The molecule has 0 saturated carbocycles. The third-order valence-corrected chi connectivity index (χ3v) is 2.38. The minimum Gasteiger partial charge on any atom is -0.354 e. The first-order chi connectivity index (χ1) is 7.95. The van der Waals surface area contributed by atoms with Crippen molar-refractivity contribution in [3.63, 3.8) is 0 Å². The van der Waals surface area contributed by atoms with Gasteiger partial charge < -0.3 is 16.4 Å². The lowest BCUT2D eigenvalue weighted by molar-refractivity contribution is 0.524. The van der Waals surface area contributed by atoms with Crippen LogP contribution in [0.2, 0.25) is 0 Å². The number of nitrogens with zero attached hydrogens (tertiary/aromatic N) is 1. The topological polar surface area (TPSA) is 62.4 Å². The number of nitrogens with two attached hydrogens (primary N) is 1. The summed E-state index contributed by atoms with van der Waals surface area (Å²) >= 11 is 0. The molecule has 0 radical (unpaired) electrons. The predicted molar refractivity (Wildman–Crippen MR) is 76.3 cm³/mol. The zero-order valence-electron chi connectivity index (χ0n) is 12.1. The molecular weight excluding hydrogens is 212 g/mol. The number of hydrogen-bond acceptors (Lipinski definition) is 2. The number of nitrogens with one attached hydrogen (secondary N) is 2. The Labute approximate surface area is 106 Å². The molecule has 0 heterocycles. The van der Waals surface area contributed by atoms with Crippen LogP contribution < -0.4 is 16.4 Å². The predicted octanol–water partition coefficient (Wildman–Crippen LogP) is 1.71. The molecule has 0 saturated heterocycles. The van der Waals surface area contributed by atoms with Crippen LogP contribution in [0.4, 0.5) is 0 Å². The van der Waals surface area contributed by atoms with Crippen LogP contribution in [0.15, 0.2) is 4.99 Å². The van der Waals surface area contributed by atoms with Gasteiger partial charge >= 0.3 is 0 Å². The van der Waals surface area contributed by atoms with Gasteiger partial charge in [-0.1, -0.05) is 6.92 Å². The van der Waals surface area contributed by atoms with Crippen molar-refractivity contribution in [1.29, 1.82) is 0 Å². The van der Waals surface area contributed by atoms with Crippen LogP contribution in [0.25, 0.3) is 0 Å².